The van der Waals surface area contributed by atoms with Gasteiger partial charge in [-0.05, 0) is 42.0 Å². The molecule has 0 saturated heterocycles. The van der Waals surface area contributed by atoms with E-state index in [1.807, 2.05) is 0 Å². The monoisotopic (exact) mass is 368 g/mol. The fraction of sp³-hybridized carbons (Fsp3) is 0.105. The Morgan fingerprint density at radius 2 is 1.81 bits per heavy atom. The number of halogens is 1. The van der Waals surface area contributed by atoms with Gasteiger partial charge in [0.2, 0.25) is 0 Å². The molecule has 0 bridgehead atoms. The van der Waals surface area contributed by atoms with E-state index in [9.17, 15) is 14.0 Å². The summed E-state index contributed by atoms with van der Waals surface area (Å²) in [6, 6.07) is 12.5. The van der Waals surface area contributed by atoms with E-state index < -0.39 is 11.8 Å². The summed E-state index contributed by atoms with van der Waals surface area (Å²) in [4.78, 5) is 23.8. The second-order valence-corrected chi connectivity index (χ2v) is 5.79. The van der Waals surface area contributed by atoms with Crippen LogP contribution in [0, 0.1) is 5.82 Å². The van der Waals surface area contributed by atoms with Crippen LogP contribution in [0.1, 0.15) is 26.4 Å². The van der Waals surface area contributed by atoms with Crippen molar-refractivity contribution in [2.24, 2.45) is 12.8 Å². The predicted octanol–water partition coefficient (Wildman–Crippen LogP) is 2.49. The maximum Gasteiger partial charge on any atom is 0.269 e. The van der Waals surface area contributed by atoms with Gasteiger partial charge in [-0.15, -0.1) is 0 Å². The Hall–Kier alpha value is -3.68. The molecule has 0 aliphatic rings. The number of hydrogen-bond donors (Lipinski definition) is 2. The lowest BCUT2D eigenvalue weighted by Crippen LogP contribution is -2.20. The van der Waals surface area contributed by atoms with Crippen molar-refractivity contribution in [3.8, 4) is 5.75 Å². The van der Waals surface area contributed by atoms with Crippen molar-refractivity contribution in [3.63, 3.8) is 0 Å². The lowest BCUT2D eigenvalue weighted by Gasteiger charge is -2.08. The van der Waals surface area contributed by atoms with E-state index >= 15 is 0 Å². The van der Waals surface area contributed by atoms with Gasteiger partial charge in [-0.1, -0.05) is 12.1 Å². The molecule has 8 heteroatoms. The highest BCUT2D eigenvalue weighted by Crippen LogP contribution is 2.16. The van der Waals surface area contributed by atoms with Crippen molar-refractivity contribution >= 4 is 17.5 Å². The Labute approximate surface area is 154 Å². The molecule has 0 aliphatic carbocycles. The first kappa shape index (κ1) is 18.1. The predicted molar refractivity (Wildman–Crippen MR) is 96.9 cm³/mol. The highest BCUT2D eigenvalue weighted by molar-refractivity contribution is 6.08. The number of nitrogens with two attached hydrogens (primary N) is 1. The molecule has 1 heterocycles. The van der Waals surface area contributed by atoms with Crippen molar-refractivity contribution in [1.82, 2.24) is 9.78 Å². The molecule has 1 aromatic heterocycles. The van der Waals surface area contributed by atoms with Crippen LogP contribution in [-0.2, 0) is 13.7 Å². The SMILES string of the molecule is Cn1ncc(NC(=O)c2ccc(COc3ccc(F)cc3)cc2)c1C(N)=O. The van der Waals surface area contributed by atoms with Crippen molar-refractivity contribution < 1.29 is 18.7 Å². The number of hydrogen-bond acceptors (Lipinski definition) is 4. The molecule has 3 rings (SSSR count). The Morgan fingerprint density at radius 3 is 2.44 bits per heavy atom. The van der Waals surface area contributed by atoms with Gasteiger partial charge in [-0.2, -0.15) is 5.10 Å². The van der Waals surface area contributed by atoms with Gasteiger partial charge in [-0.3, -0.25) is 14.3 Å². The summed E-state index contributed by atoms with van der Waals surface area (Å²) in [5, 5.41) is 6.54. The van der Waals surface area contributed by atoms with Crippen LogP contribution < -0.4 is 15.8 Å². The second kappa shape index (κ2) is 7.69. The summed E-state index contributed by atoms with van der Waals surface area (Å²) in [6.07, 6.45) is 1.36. The average molecular weight is 368 g/mol. The average Bonchev–Trinajstić information content (AvgIpc) is 3.02. The zero-order valence-corrected chi connectivity index (χ0v) is 14.5. The molecule has 0 atom stereocenters. The molecule has 7 nitrogen and oxygen atoms in total. The van der Waals surface area contributed by atoms with Gasteiger partial charge < -0.3 is 15.8 Å². The maximum atomic E-state index is 12.9. The fourth-order valence-corrected chi connectivity index (χ4v) is 2.47. The van der Waals surface area contributed by atoms with E-state index in [0.717, 1.165) is 5.56 Å². The summed E-state index contributed by atoms with van der Waals surface area (Å²) in [5.41, 5.74) is 6.91. The Bertz CT molecular complexity index is 966. The normalized spacial score (nSPS) is 10.4. The number of rotatable bonds is 6. The third-order valence-corrected chi connectivity index (χ3v) is 3.86. The highest BCUT2D eigenvalue weighted by atomic mass is 19.1. The Kier molecular flexibility index (Phi) is 5.16. The molecule has 27 heavy (non-hydrogen) atoms. The van der Waals surface area contributed by atoms with Crippen molar-refractivity contribution in [1.29, 1.82) is 0 Å². The summed E-state index contributed by atoms with van der Waals surface area (Å²) in [5.74, 6) is -0.852. The van der Waals surface area contributed by atoms with Crippen LogP contribution in [0.4, 0.5) is 10.1 Å². The van der Waals surface area contributed by atoms with Crippen LogP contribution in [0.15, 0.2) is 54.7 Å². The minimum absolute atomic E-state index is 0.118. The zero-order valence-electron chi connectivity index (χ0n) is 14.5. The summed E-state index contributed by atoms with van der Waals surface area (Å²) < 4.78 is 19.7. The van der Waals surface area contributed by atoms with E-state index in [1.54, 1.807) is 43.4 Å². The highest BCUT2D eigenvalue weighted by Gasteiger charge is 2.16. The number of benzene rings is 2. The quantitative estimate of drug-likeness (QED) is 0.698. The lowest BCUT2D eigenvalue weighted by molar-refractivity contribution is 0.0992. The molecular formula is C19H17FN4O3. The first-order valence-corrected chi connectivity index (χ1v) is 8.04. The number of nitrogens with zero attached hydrogens (tertiary/aromatic N) is 2. The van der Waals surface area contributed by atoms with E-state index in [0.29, 0.717) is 11.3 Å². The van der Waals surface area contributed by atoms with Crippen LogP contribution in [0.2, 0.25) is 0 Å². The number of carbonyl (C=O) groups excluding carboxylic acids is 2. The second-order valence-electron chi connectivity index (χ2n) is 5.79. The van der Waals surface area contributed by atoms with Crippen LogP contribution >= 0.6 is 0 Å². The third kappa shape index (κ3) is 4.30. The Morgan fingerprint density at radius 1 is 1.15 bits per heavy atom. The van der Waals surface area contributed by atoms with E-state index in [1.165, 1.54) is 23.0 Å². The topological polar surface area (TPSA) is 99.2 Å². The first-order chi connectivity index (χ1) is 12.9. The van der Waals surface area contributed by atoms with E-state index in [4.69, 9.17) is 10.5 Å². The summed E-state index contributed by atoms with van der Waals surface area (Å²) in [6.45, 7) is 0.280. The fourth-order valence-electron chi connectivity index (χ4n) is 2.47. The number of aryl methyl sites for hydroxylation is 1. The van der Waals surface area contributed by atoms with Gasteiger partial charge in [-0.25, -0.2) is 4.39 Å². The van der Waals surface area contributed by atoms with Gasteiger partial charge in [0.25, 0.3) is 11.8 Å². The number of aromatic nitrogens is 2. The number of primary amides is 1. The largest absolute Gasteiger partial charge is 0.489 e. The molecular weight excluding hydrogens is 351 g/mol. The van der Waals surface area contributed by atoms with Gasteiger partial charge in [0.1, 0.15) is 23.9 Å². The van der Waals surface area contributed by atoms with Crippen molar-refractivity contribution in [2.45, 2.75) is 6.61 Å². The minimum Gasteiger partial charge on any atom is -0.489 e. The molecule has 0 spiro atoms. The number of nitrogens with one attached hydrogen (secondary N) is 1. The van der Waals surface area contributed by atoms with Gasteiger partial charge in [0.15, 0.2) is 0 Å². The molecule has 0 unspecified atom stereocenters. The molecule has 2 amide bonds. The first-order valence-electron chi connectivity index (χ1n) is 8.04. The van der Waals surface area contributed by atoms with Gasteiger partial charge >= 0.3 is 0 Å². The standard InChI is InChI=1S/C19H17FN4O3/c1-24-17(18(21)25)16(10-22-24)23-19(26)13-4-2-12(3-5-13)11-27-15-8-6-14(20)7-9-15/h2-10H,11H2,1H3,(H2,21,25)(H,23,26). The molecule has 0 radical (unpaired) electrons. The molecule has 3 aromatic rings. The molecule has 138 valence electrons. The van der Waals surface area contributed by atoms with Gasteiger partial charge in [0.05, 0.1) is 11.9 Å². The number of anilines is 1. The molecule has 0 saturated carbocycles. The van der Waals surface area contributed by atoms with Crippen LogP contribution in [-0.4, -0.2) is 21.6 Å². The third-order valence-electron chi connectivity index (χ3n) is 3.86. The lowest BCUT2D eigenvalue weighted by atomic mass is 10.1. The van der Waals surface area contributed by atoms with Crippen molar-refractivity contribution in [2.75, 3.05) is 5.32 Å². The number of ether oxygens (including phenoxy) is 1. The Balaban J connectivity index is 1.63. The van der Waals surface area contributed by atoms with Crippen LogP contribution in [0.5, 0.6) is 5.75 Å². The number of amides is 2. The van der Waals surface area contributed by atoms with Gasteiger partial charge in [0, 0.05) is 12.6 Å². The van der Waals surface area contributed by atoms with E-state index in [2.05, 4.69) is 10.4 Å². The molecule has 2 aromatic carbocycles. The smallest absolute Gasteiger partial charge is 0.269 e. The minimum atomic E-state index is -0.682. The van der Waals surface area contributed by atoms with Crippen LogP contribution in [0.25, 0.3) is 0 Å². The van der Waals surface area contributed by atoms with Crippen molar-refractivity contribution in [3.05, 3.63) is 77.4 Å². The summed E-state index contributed by atoms with van der Waals surface area (Å²) in [7, 11) is 1.56. The molecule has 0 aliphatic heterocycles. The van der Waals surface area contributed by atoms with Crippen LogP contribution in [0.3, 0.4) is 0 Å². The number of carbonyl (C=O) groups is 2. The van der Waals surface area contributed by atoms with E-state index in [-0.39, 0.29) is 23.8 Å². The summed E-state index contributed by atoms with van der Waals surface area (Å²) >= 11 is 0. The molecule has 0 fully saturated rings. The maximum absolute atomic E-state index is 12.9. The molecule has 3 N–H and O–H groups in total. The zero-order chi connectivity index (χ0) is 19.4.